The number of phosphoric acid groups is 1. The highest BCUT2D eigenvalue weighted by molar-refractivity contribution is 7.46. The molecular formula is C14H31N4O6P. The van der Waals surface area contributed by atoms with Gasteiger partial charge in [-0.05, 0) is 6.92 Å². The van der Waals surface area contributed by atoms with Crippen molar-refractivity contribution in [1.82, 2.24) is 21.3 Å². The number of esters is 1. The fraction of sp³-hybridized carbons (Fsp3) is 0.786. The average molecular weight is 382 g/mol. The van der Waals surface area contributed by atoms with Gasteiger partial charge in [0.2, 0.25) is 0 Å². The second kappa shape index (κ2) is 15.4. The van der Waals surface area contributed by atoms with Gasteiger partial charge in [-0.2, -0.15) is 0 Å². The third-order valence-electron chi connectivity index (χ3n) is 2.84. The fourth-order valence-corrected chi connectivity index (χ4v) is 1.93. The third kappa shape index (κ3) is 19.3. The van der Waals surface area contributed by atoms with Crippen LogP contribution in [0.3, 0.4) is 0 Å². The molecule has 0 aromatic carbocycles. The van der Waals surface area contributed by atoms with Gasteiger partial charge in [-0.1, -0.05) is 6.58 Å². The van der Waals surface area contributed by atoms with Crippen LogP contribution < -0.4 is 21.3 Å². The first kappa shape index (κ1) is 24.2. The maximum Gasteiger partial charge on any atom is 0.469 e. The fourth-order valence-electron chi connectivity index (χ4n) is 1.62. The maximum atomic E-state index is 10.7. The zero-order valence-electron chi connectivity index (χ0n) is 14.8. The first-order valence-corrected chi connectivity index (χ1v) is 9.71. The van der Waals surface area contributed by atoms with Gasteiger partial charge in [0.15, 0.2) is 0 Å². The van der Waals surface area contributed by atoms with Crippen molar-refractivity contribution in [2.45, 2.75) is 6.92 Å². The molecule has 0 amide bonds. The lowest BCUT2D eigenvalue weighted by molar-refractivity contribution is -0.139. The van der Waals surface area contributed by atoms with Crippen LogP contribution in [0.25, 0.3) is 0 Å². The minimum atomic E-state index is -4.46. The Hall–Kier alpha value is -0.840. The molecule has 1 heterocycles. The van der Waals surface area contributed by atoms with Crippen LogP contribution in [0.1, 0.15) is 6.92 Å². The van der Waals surface area contributed by atoms with E-state index in [4.69, 9.17) is 9.79 Å². The number of carbonyl (C=O) groups is 1. The molecule has 0 unspecified atom stereocenters. The Morgan fingerprint density at radius 1 is 0.920 bits per heavy atom. The molecule has 1 rings (SSSR count). The lowest BCUT2D eigenvalue weighted by Gasteiger charge is -2.11. The molecule has 0 aliphatic carbocycles. The number of hydrogen-bond donors (Lipinski definition) is 6. The Labute approximate surface area is 149 Å². The van der Waals surface area contributed by atoms with E-state index < -0.39 is 13.8 Å². The highest BCUT2D eigenvalue weighted by atomic mass is 31.2. The zero-order chi connectivity index (χ0) is 19.0. The van der Waals surface area contributed by atoms with Crippen LogP contribution in [0.4, 0.5) is 0 Å². The monoisotopic (exact) mass is 382 g/mol. The van der Waals surface area contributed by atoms with Crippen LogP contribution in [0, 0.1) is 0 Å². The second-order valence-electron chi connectivity index (χ2n) is 5.24. The van der Waals surface area contributed by atoms with Crippen LogP contribution >= 0.6 is 7.82 Å². The molecule has 0 atom stereocenters. The van der Waals surface area contributed by atoms with E-state index >= 15 is 0 Å². The summed E-state index contributed by atoms with van der Waals surface area (Å²) < 4.78 is 18.6. The molecule has 0 bridgehead atoms. The number of ether oxygens (including phenoxy) is 1. The van der Waals surface area contributed by atoms with E-state index in [1.54, 1.807) is 0 Å². The molecular weight excluding hydrogens is 351 g/mol. The lowest BCUT2D eigenvalue weighted by atomic mass is 10.4. The molecule has 1 aliphatic rings. The van der Waals surface area contributed by atoms with Gasteiger partial charge < -0.3 is 35.8 Å². The minimum absolute atomic E-state index is 0.212. The summed E-state index contributed by atoms with van der Waals surface area (Å²) in [5, 5.41) is 13.4. The van der Waals surface area contributed by atoms with Gasteiger partial charge in [0.1, 0.15) is 6.61 Å². The Kier molecular flexibility index (Phi) is 14.9. The molecule has 0 aromatic rings. The van der Waals surface area contributed by atoms with Gasteiger partial charge in [0.05, 0.1) is 6.61 Å². The summed E-state index contributed by atoms with van der Waals surface area (Å²) in [4.78, 5) is 27.1. The molecule has 0 aromatic heterocycles. The van der Waals surface area contributed by atoms with Crippen molar-refractivity contribution in [2.75, 3.05) is 65.6 Å². The van der Waals surface area contributed by atoms with E-state index in [1.807, 2.05) is 0 Å². The lowest BCUT2D eigenvalue weighted by Crippen LogP contribution is -2.39. The van der Waals surface area contributed by atoms with Crippen LogP contribution in [0.15, 0.2) is 12.2 Å². The Morgan fingerprint density at radius 3 is 1.56 bits per heavy atom. The number of phosphoric ester groups is 1. The number of rotatable bonds is 5. The number of hydrogen-bond acceptors (Lipinski definition) is 8. The van der Waals surface area contributed by atoms with Crippen LogP contribution in [-0.4, -0.2) is 81.3 Å². The van der Waals surface area contributed by atoms with E-state index in [1.165, 1.54) is 6.92 Å². The van der Waals surface area contributed by atoms with Crippen molar-refractivity contribution >= 4 is 13.8 Å². The molecule has 25 heavy (non-hydrogen) atoms. The Balaban J connectivity index is 0.000000462. The van der Waals surface area contributed by atoms with E-state index in [0.29, 0.717) is 0 Å². The van der Waals surface area contributed by atoms with Crippen molar-refractivity contribution in [3.63, 3.8) is 0 Å². The molecule has 0 saturated carbocycles. The van der Waals surface area contributed by atoms with Gasteiger partial charge >= 0.3 is 13.8 Å². The molecule has 10 nitrogen and oxygen atoms in total. The van der Waals surface area contributed by atoms with Crippen molar-refractivity contribution < 1.29 is 28.4 Å². The highest BCUT2D eigenvalue weighted by Crippen LogP contribution is 2.35. The average Bonchev–Trinajstić information content (AvgIpc) is 2.51. The molecule has 148 valence electrons. The summed E-state index contributed by atoms with van der Waals surface area (Å²) in [7, 11) is -4.46. The van der Waals surface area contributed by atoms with Crippen molar-refractivity contribution in [3.05, 3.63) is 12.2 Å². The summed E-state index contributed by atoms with van der Waals surface area (Å²) in [5.74, 6) is -0.616. The summed E-state index contributed by atoms with van der Waals surface area (Å²) >= 11 is 0. The molecule has 6 N–H and O–H groups in total. The molecule has 0 radical (unpaired) electrons. The first-order chi connectivity index (χ1) is 11.8. The van der Waals surface area contributed by atoms with E-state index in [2.05, 4.69) is 37.1 Å². The molecule has 1 aliphatic heterocycles. The van der Waals surface area contributed by atoms with Gasteiger partial charge in [0, 0.05) is 57.9 Å². The van der Waals surface area contributed by atoms with E-state index in [0.717, 1.165) is 52.4 Å². The Morgan fingerprint density at radius 2 is 1.28 bits per heavy atom. The number of carbonyl (C=O) groups excluding carboxylic acids is 1. The summed E-state index contributed by atoms with van der Waals surface area (Å²) in [6.07, 6.45) is 0. The first-order valence-electron chi connectivity index (χ1n) is 8.18. The topological polar surface area (TPSA) is 141 Å². The number of nitrogens with one attached hydrogen (secondary N) is 4. The third-order valence-corrected chi connectivity index (χ3v) is 3.36. The molecule has 0 spiro atoms. The standard InChI is InChI=1S/C8H20N4.C6H11O6P/c1-2-10-5-6-12-8-7-11-4-3-9-1;1-5(2)6(7)11-3-4-12-13(8,9)10/h9-12H,1-8H2;1,3-4H2,2H3,(H2,8,9,10). The van der Waals surface area contributed by atoms with Gasteiger partial charge in [-0.15, -0.1) is 0 Å². The summed E-state index contributed by atoms with van der Waals surface area (Å²) in [6, 6.07) is 0. The quantitative estimate of drug-likeness (QED) is 0.145. The molecule has 1 fully saturated rings. The maximum absolute atomic E-state index is 10.7. The van der Waals surface area contributed by atoms with Gasteiger partial charge in [-0.25, -0.2) is 9.36 Å². The van der Waals surface area contributed by atoms with Crippen LogP contribution in [-0.2, 0) is 18.6 Å². The summed E-state index contributed by atoms with van der Waals surface area (Å²) in [5.41, 5.74) is 0.219. The molecule has 11 heteroatoms. The predicted molar refractivity (Wildman–Crippen MR) is 95.2 cm³/mol. The largest absolute Gasteiger partial charge is 0.469 e. The van der Waals surface area contributed by atoms with E-state index in [9.17, 15) is 9.36 Å². The SMILES string of the molecule is C1CNCCNCCNCCN1.C=C(C)C(=O)OCCOP(=O)(O)O. The predicted octanol–water partition coefficient (Wildman–Crippen LogP) is -1.43. The van der Waals surface area contributed by atoms with Gasteiger partial charge in [0.25, 0.3) is 0 Å². The van der Waals surface area contributed by atoms with Crippen molar-refractivity contribution in [3.8, 4) is 0 Å². The van der Waals surface area contributed by atoms with Crippen LogP contribution in [0.2, 0.25) is 0 Å². The molecule has 1 saturated heterocycles. The smallest absolute Gasteiger partial charge is 0.460 e. The van der Waals surface area contributed by atoms with Crippen LogP contribution in [0.5, 0.6) is 0 Å². The minimum Gasteiger partial charge on any atom is -0.460 e. The van der Waals surface area contributed by atoms with Crippen molar-refractivity contribution in [1.29, 1.82) is 0 Å². The highest BCUT2D eigenvalue weighted by Gasteiger charge is 2.13. The van der Waals surface area contributed by atoms with E-state index in [-0.39, 0.29) is 18.8 Å². The van der Waals surface area contributed by atoms with Gasteiger partial charge in [-0.3, -0.25) is 4.52 Å². The summed E-state index contributed by atoms with van der Waals surface area (Å²) in [6.45, 7) is 12.8. The Bertz CT molecular complexity index is 375. The van der Waals surface area contributed by atoms with Crippen molar-refractivity contribution in [2.24, 2.45) is 0 Å². The second-order valence-corrected chi connectivity index (χ2v) is 6.48. The normalized spacial score (nSPS) is 17.2. The zero-order valence-corrected chi connectivity index (χ0v) is 15.6.